The molecule has 1 aromatic carbocycles. The number of hydrogen-bond acceptors (Lipinski definition) is 3. The highest BCUT2D eigenvalue weighted by molar-refractivity contribution is 9.10. The first kappa shape index (κ1) is 15.9. The third kappa shape index (κ3) is 4.75. The molecule has 0 amide bonds. The van der Waals surface area contributed by atoms with E-state index >= 15 is 0 Å². The Morgan fingerprint density at radius 2 is 1.95 bits per heavy atom. The van der Waals surface area contributed by atoms with Gasteiger partial charge in [-0.05, 0) is 40.0 Å². The predicted octanol–water partition coefficient (Wildman–Crippen LogP) is 2.79. The standard InChI is InChI=1S/C15H14BrNO3S/c16-12-6-7-13(17-9-12)10-21(20)14(15(18)19)8-11-4-2-1-3-5-11/h1-7,9,14H,8,10H2,(H,18,19). The second-order valence-electron chi connectivity index (χ2n) is 4.51. The molecule has 0 fully saturated rings. The molecule has 1 N–H and O–H groups in total. The van der Waals surface area contributed by atoms with Crippen LogP contribution in [0.2, 0.25) is 0 Å². The number of aliphatic carboxylic acids is 1. The number of nitrogens with zero attached hydrogens (tertiary/aromatic N) is 1. The minimum atomic E-state index is -1.52. The lowest BCUT2D eigenvalue weighted by molar-refractivity contribution is -0.136. The Morgan fingerprint density at radius 1 is 1.24 bits per heavy atom. The first-order valence-electron chi connectivity index (χ1n) is 6.30. The monoisotopic (exact) mass is 367 g/mol. The molecule has 2 atom stereocenters. The van der Waals surface area contributed by atoms with Gasteiger partial charge >= 0.3 is 5.97 Å². The molecule has 6 heteroatoms. The first-order valence-corrected chi connectivity index (χ1v) is 8.48. The second kappa shape index (κ2) is 7.47. The van der Waals surface area contributed by atoms with Gasteiger partial charge in [-0.25, -0.2) is 0 Å². The average molecular weight is 368 g/mol. The molecular weight excluding hydrogens is 354 g/mol. The molecule has 21 heavy (non-hydrogen) atoms. The summed E-state index contributed by atoms with van der Waals surface area (Å²) in [5.74, 6) is -0.911. The van der Waals surface area contributed by atoms with Crippen LogP contribution in [0.5, 0.6) is 0 Å². The van der Waals surface area contributed by atoms with Crippen LogP contribution >= 0.6 is 15.9 Å². The highest BCUT2D eigenvalue weighted by Crippen LogP contribution is 2.14. The van der Waals surface area contributed by atoms with Gasteiger partial charge in [-0.2, -0.15) is 0 Å². The fourth-order valence-corrected chi connectivity index (χ4v) is 3.36. The fourth-order valence-electron chi connectivity index (χ4n) is 1.86. The first-order chi connectivity index (χ1) is 10.1. The zero-order valence-electron chi connectivity index (χ0n) is 11.1. The molecule has 0 aliphatic carbocycles. The molecular formula is C15H14BrNO3S. The lowest BCUT2D eigenvalue weighted by Crippen LogP contribution is -2.29. The number of halogens is 1. The molecule has 1 heterocycles. The molecule has 0 radical (unpaired) electrons. The average Bonchev–Trinajstić information content (AvgIpc) is 2.48. The zero-order chi connectivity index (χ0) is 15.2. The largest absolute Gasteiger partial charge is 0.480 e. The van der Waals surface area contributed by atoms with Crippen molar-refractivity contribution in [1.29, 1.82) is 0 Å². The second-order valence-corrected chi connectivity index (χ2v) is 7.04. The van der Waals surface area contributed by atoms with Crippen molar-refractivity contribution in [1.82, 2.24) is 4.98 Å². The molecule has 2 aromatic rings. The summed E-state index contributed by atoms with van der Waals surface area (Å²) in [6.45, 7) is 0. The lowest BCUT2D eigenvalue weighted by atomic mass is 10.1. The maximum absolute atomic E-state index is 12.3. The van der Waals surface area contributed by atoms with Crippen molar-refractivity contribution in [2.75, 3.05) is 0 Å². The molecule has 0 bridgehead atoms. The molecule has 0 spiro atoms. The van der Waals surface area contributed by atoms with Crippen LogP contribution in [0, 0.1) is 0 Å². The SMILES string of the molecule is O=C(O)C(Cc1ccccc1)S(=O)Cc1ccc(Br)cn1. The summed E-state index contributed by atoms with van der Waals surface area (Å²) in [5, 5.41) is 8.37. The molecule has 2 rings (SSSR count). The zero-order valence-corrected chi connectivity index (χ0v) is 13.5. The minimum Gasteiger partial charge on any atom is -0.480 e. The van der Waals surface area contributed by atoms with Crippen LogP contribution < -0.4 is 0 Å². The van der Waals surface area contributed by atoms with E-state index in [1.807, 2.05) is 30.3 Å². The Balaban J connectivity index is 2.09. The maximum atomic E-state index is 12.3. The smallest absolute Gasteiger partial charge is 0.319 e. The third-order valence-corrected chi connectivity index (χ3v) is 4.99. The minimum absolute atomic E-state index is 0.136. The summed E-state index contributed by atoms with van der Waals surface area (Å²) < 4.78 is 13.2. The van der Waals surface area contributed by atoms with E-state index in [9.17, 15) is 14.1 Å². The van der Waals surface area contributed by atoms with E-state index in [0.717, 1.165) is 10.0 Å². The van der Waals surface area contributed by atoms with Crippen LogP contribution in [0.4, 0.5) is 0 Å². The Hall–Kier alpha value is -1.53. The number of carbonyl (C=O) groups is 1. The number of pyridine rings is 1. The number of carboxylic acids is 1. The van der Waals surface area contributed by atoms with Crippen molar-refractivity contribution in [3.8, 4) is 0 Å². The summed E-state index contributed by atoms with van der Waals surface area (Å²) >= 11 is 3.28. The van der Waals surface area contributed by atoms with E-state index < -0.39 is 22.0 Å². The van der Waals surface area contributed by atoms with E-state index in [-0.39, 0.29) is 12.2 Å². The van der Waals surface area contributed by atoms with Gasteiger partial charge in [0, 0.05) is 21.5 Å². The van der Waals surface area contributed by atoms with Gasteiger partial charge < -0.3 is 5.11 Å². The fraction of sp³-hybridized carbons (Fsp3) is 0.200. The molecule has 1 aromatic heterocycles. The van der Waals surface area contributed by atoms with Gasteiger partial charge in [-0.3, -0.25) is 14.0 Å². The maximum Gasteiger partial charge on any atom is 0.319 e. The molecule has 2 unspecified atom stereocenters. The number of hydrogen-bond donors (Lipinski definition) is 1. The lowest BCUT2D eigenvalue weighted by Gasteiger charge is -2.12. The van der Waals surface area contributed by atoms with Crippen LogP contribution in [-0.4, -0.2) is 25.5 Å². The van der Waals surface area contributed by atoms with E-state index in [1.165, 1.54) is 0 Å². The van der Waals surface area contributed by atoms with Gasteiger partial charge in [0.1, 0.15) is 5.25 Å². The van der Waals surface area contributed by atoms with Crippen LogP contribution in [0.3, 0.4) is 0 Å². The summed E-state index contributed by atoms with van der Waals surface area (Å²) in [6.07, 6.45) is 1.86. The van der Waals surface area contributed by atoms with Gasteiger partial charge in [-0.15, -0.1) is 0 Å². The summed E-state index contributed by atoms with van der Waals surface area (Å²) in [4.78, 5) is 15.5. The van der Waals surface area contributed by atoms with E-state index in [2.05, 4.69) is 20.9 Å². The quantitative estimate of drug-likeness (QED) is 0.852. The van der Waals surface area contributed by atoms with Crippen molar-refractivity contribution in [3.63, 3.8) is 0 Å². The van der Waals surface area contributed by atoms with Crippen molar-refractivity contribution in [3.05, 3.63) is 64.4 Å². The highest BCUT2D eigenvalue weighted by Gasteiger charge is 2.25. The van der Waals surface area contributed by atoms with Gasteiger partial charge in [0.15, 0.2) is 0 Å². The van der Waals surface area contributed by atoms with Crippen LogP contribution in [0.1, 0.15) is 11.3 Å². The van der Waals surface area contributed by atoms with Crippen molar-refractivity contribution in [2.24, 2.45) is 0 Å². The van der Waals surface area contributed by atoms with Crippen molar-refractivity contribution in [2.45, 2.75) is 17.4 Å². The third-order valence-electron chi connectivity index (χ3n) is 2.94. The Bertz CT molecular complexity index is 631. The summed E-state index contributed by atoms with van der Waals surface area (Å²) in [7, 11) is -1.52. The predicted molar refractivity (Wildman–Crippen MR) is 85.4 cm³/mol. The van der Waals surface area contributed by atoms with Crippen LogP contribution in [-0.2, 0) is 27.8 Å². The van der Waals surface area contributed by atoms with Crippen LogP contribution in [0.25, 0.3) is 0 Å². The Morgan fingerprint density at radius 3 is 2.52 bits per heavy atom. The Kier molecular flexibility index (Phi) is 5.64. The normalized spacial score (nSPS) is 13.6. The van der Waals surface area contributed by atoms with E-state index in [1.54, 1.807) is 18.3 Å². The van der Waals surface area contributed by atoms with Gasteiger partial charge in [0.05, 0.1) is 11.4 Å². The van der Waals surface area contributed by atoms with E-state index in [0.29, 0.717) is 5.69 Å². The van der Waals surface area contributed by atoms with E-state index in [4.69, 9.17) is 0 Å². The summed E-state index contributed by atoms with van der Waals surface area (Å²) in [6, 6.07) is 12.8. The molecule has 110 valence electrons. The van der Waals surface area contributed by atoms with Crippen molar-refractivity contribution < 1.29 is 14.1 Å². The number of carboxylic acid groups (broad SMARTS) is 1. The summed E-state index contributed by atoms with van der Waals surface area (Å²) in [5.41, 5.74) is 1.48. The molecule has 0 aliphatic heterocycles. The van der Waals surface area contributed by atoms with Gasteiger partial charge in [0.2, 0.25) is 0 Å². The van der Waals surface area contributed by atoms with Crippen molar-refractivity contribution >= 4 is 32.7 Å². The molecule has 4 nitrogen and oxygen atoms in total. The number of benzene rings is 1. The molecule has 0 saturated carbocycles. The Labute approximate surface area is 133 Å². The molecule has 0 saturated heterocycles. The topological polar surface area (TPSA) is 67.3 Å². The highest BCUT2D eigenvalue weighted by atomic mass is 79.9. The van der Waals surface area contributed by atoms with Gasteiger partial charge in [-0.1, -0.05) is 30.3 Å². The van der Waals surface area contributed by atoms with Gasteiger partial charge in [0.25, 0.3) is 0 Å². The van der Waals surface area contributed by atoms with Crippen LogP contribution in [0.15, 0.2) is 53.1 Å². The molecule has 0 aliphatic rings. The number of aromatic nitrogens is 1. The number of rotatable bonds is 6.